The summed E-state index contributed by atoms with van der Waals surface area (Å²) < 4.78 is 6.46. The van der Waals surface area contributed by atoms with Crippen LogP contribution in [-0.2, 0) is 0 Å². The zero-order valence-electron chi connectivity index (χ0n) is 30.4. The van der Waals surface area contributed by atoms with Gasteiger partial charge < -0.3 is 4.42 Å². The normalized spacial score (nSPS) is 12.1. The molecule has 4 heterocycles. The first kappa shape index (κ1) is 31.5. The van der Waals surface area contributed by atoms with E-state index in [2.05, 4.69) is 144 Å². The van der Waals surface area contributed by atoms with Gasteiger partial charge in [-0.2, -0.15) is 0 Å². The Labute approximate surface area is 326 Å². The van der Waals surface area contributed by atoms with Gasteiger partial charge in [0.25, 0.3) is 0 Å². The Morgan fingerprint density at radius 3 is 1.95 bits per heavy atom. The molecule has 8 aromatic carbocycles. The molecule has 2 aliphatic rings. The quantitative estimate of drug-likeness (QED) is 0.177. The molecule has 57 heavy (non-hydrogen) atoms. The maximum atomic E-state index is 6.46. The molecular formula is C51H29N5O. The van der Waals surface area contributed by atoms with Crippen molar-refractivity contribution in [1.82, 2.24) is 15.4 Å². The minimum Gasteiger partial charge on any atom is -0.456 e. The van der Waals surface area contributed by atoms with Crippen molar-refractivity contribution < 1.29 is 4.42 Å². The molecule has 0 saturated heterocycles. The van der Waals surface area contributed by atoms with Crippen LogP contribution in [0.15, 0.2) is 190 Å². The largest absolute Gasteiger partial charge is 0.456 e. The summed E-state index contributed by atoms with van der Waals surface area (Å²) in [7, 11) is 0. The van der Waals surface area contributed by atoms with Crippen molar-refractivity contribution in [3.05, 3.63) is 197 Å². The van der Waals surface area contributed by atoms with E-state index < -0.39 is 0 Å². The molecule has 0 bridgehead atoms. The Balaban J connectivity index is 1.22. The van der Waals surface area contributed by atoms with Crippen LogP contribution >= 0.6 is 0 Å². The number of para-hydroxylation sites is 2. The summed E-state index contributed by atoms with van der Waals surface area (Å²) >= 11 is 0. The highest BCUT2D eigenvalue weighted by Gasteiger charge is 2.30. The van der Waals surface area contributed by atoms with Crippen molar-refractivity contribution in [2.75, 3.05) is 0 Å². The van der Waals surface area contributed by atoms with Crippen LogP contribution in [0, 0.1) is 10.4 Å². The van der Waals surface area contributed by atoms with Crippen LogP contribution in [0.4, 0.5) is 11.4 Å². The summed E-state index contributed by atoms with van der Waals surface area (Å²) in [6.07, 6.45) is 0. The van der Waals surface area contributed by atoms with Crippen LogP contribution in [0.5, 0.6) is 0 Å². The van der Waals surface area contributed by atoms with Crippen molar-refractivity contribution in [2.45, 2.75) is 0 Å². The van der Waals surface area contributed by atoms with Crippen molar-refractivity contribution in [3.63, 3.8) is 0 Å². The maximum absolute atomic E-state index is 6.46. The minimum absolute atomic E-state index is 0.742. The highest BCUT2D eigenvalue weighted by atomic mass is 16.3. The van der Waals surface area contributed by atoms with Crippen molar-refractivity contribution in [2.24, 2.45) is 9.98 Å². The van der Waals surface area contributed by atoms with Gasteiger partial charge in [-0.05, 0) is 63.9 Å². The molecule has 0 fully saturated rings. The molecule has 0 amide bonds. The molecule has 0 spiro atoms. The third-order valence-corrected chi connectivity index (χ3v) is 11.3. The molecule has 0 aliphatic carbocycles. The van der Waals surface area contributed by atoms with Gasteiger partial charge in [-0.1, -0.05) is 140 Å². The number of nitrogens with zero attached hydrogens (tertiary/aromatic N) is 5. The van der Waals surface area contributed by atoms with Crippen LogP contribution < -0.4 is 10.7 Å². The van der Waals surface area contributed by atoms with Gasteiger partial charge in [0.1, 0.15) is 22.6 Å². The lowest BCUT2D eigenvalue weighted by atomic mass is 9.82. The second kappa shape index (κ2) is 12.3. The highest BCUT2D eigenvalue weighted by Crippen LogP contribution is 2.53. The van der Waals surface area contributed by atoms with Gasteiger partial charge in [-0.15, -0.1) is 10.2 Å². The maximum Gasteiger partial charge on any atom is 0.136 e. The number of benzene rings is 8. The summed E-state index contributed by atoms with van der Waals surface area (Å²) in [5.41, 5.74) is 15.1. The summed E-state index contributed by atoms with van der Waals surface area (Å²) in [4.78, 5) is 10.6. The molecule has 0 saturated carbocycles. The number of fused-ring (bicyclic) bond motifs is 9. The molecule has 10 aromatic rings. The molecule has 12 rings (SSSR count). The van der Waals surface area contributed by atoms with Crippen molar-refractivity contribution >= 4 is 33.3 Å². The third kappa shape index (κ3) is 4.74. The van der Waals surface area contributed by atoms with Crippen molar-refractivity contribution in [1.29, 1.82) is 0 Å². The van der Waals surface area contributed by atoms with E-state index in [4.69, 9.17) is 19.5 Å². The van der Waals surface area contributed by atoms with Crippen LogP contribution in [0.25, 0.3) is 89.0 Å². The van der Waals surface area contributed by atoms with Crippen LogP contribution in [0.2, 0.25) is 0 Å². The smallest absolute Gasteiger partial charge is 0.136 e. The summed E-state index contributed by atoms with van der Waals surface area (Å²) in [5, 5.41) is 20.3. The lowest BCUT2D eigenvalue weighted by Gasteiger charge is -2.21. The molecular weight excluding hydrogens is 699 g/mol. The van der Waals surface area contributed by atoms with Crippen molar-refractivity contribution in [3.8, 4) is 67.0 Å². The predicted molar refractivity (Wildman–Crippen MR) is 225 cm³/mol. The van der Waals surface area contributed by atoms with E-state index in [0.717, 1.165) is 121 Å². The third-order valence-electron chi connectivity index (χ3n) is 11.3. The number of aromatic nitrogens is 3. The topological polar surface area (TPSA) is 76.5 Å². The zero-order valence-corrected chi connectivity index (χ0v) is 30.4. The highest BCUT2D eigenvalue weighted by molar-refractivity contribution is 6.16. The van der Waals surface area contributed by atoms with Crippen LogP contribution in [-0.4, -0.2) is 15.4 Å². The molecule has 0 atom stereocenters. The Morgan fingerprint density at radius 1 is 0.368 bits per heavy atom. The average Bonchev–Trinajstić information content (AvgIpc) is 3.98. The molecule has 2 aromatic heterocycles. The summed E-state index contributed by atoms with van der Waals surface area (Å²) in [5.74, 6) is 0. The average molecular weight is 728 g/mol. The van der Waals surface area contributed by atoms with E-state index in [-0.39, 0.29) is 0 Å². The number of hydrogen-bond donors (Lipinski definition) is 0. The fourth-order valence-corrected chi connectivity index (χ4v) is 8.84. The Bertz CT molecular complexity index is 3520. The van der Waals surface area contributed by atoms with Crippen LogP contribution in [0.1, 0.15) is 0 Å². The van der Waals surface area contributed by atoms with Gasteiger partial charge in [0.2, 0.25) is 0 Å². The van der Waals surface area contributed by atoms with E-state index in [9.17, 15) is 0 Å². The van der Waals surface area contributed by atoms with E-state index in [1.807, 2.05) is 42.5 Å². The van der Waals surface area contributed by atoms with Gasteiger partial charge in [0.15, 0.2) is 0 Å². The molecule has 6 nitrogen and oxygen atoms in total. The SMILES string of the molecule is c1ccc(-c2nnnc(-c3ccccc3-c3c(-c4cccc5oc6ccccc6c45)ccc4c3-c3c5c(ccc3=N4)=c3ccccc3=N5)c2-c2ccccc2)cc1. The Morgan fingerprint density at radius 2 is 1.07 bits per heavy atom. The number of hydrogen-bond acceptors (Lipinski definition) is 6. The first-order chi connectivity index (χ1) is 28.3. The second-order valence-corrected chi connectivity index (χ2v) is 14.4. The van der Waals surface area contributed by atoms with E-state index in [1.165, 1.54) is 0 Å². The fourth-order valence-electron chi connectivity index (χ4n) is 8.84. The second-order valence-electron chi connectivity index (χ2n) is 14.4. The molecule has 0 N–H and O–H groups in total. The Kier molecular flexibility index (Phi) is 6.83. The zero-order chi connectivity index (χ0) is 37.5. The lowest BCUT2D eigenvalue weighted by molar-refractivity contribution is 0.669. The van der Waals surface area contributed by atoms with Gasteiger partial charge in [0.05, 0.1) is 22.1 Å². The van der Waals surface area contributed by atoms with Gasteiger partial charge in [0, 0.05) is 54.6 Å². The molecule has 264 valence electrons. The summed E-state index contributed by atoms with van der Waals surface area (Å²) in [6, 6.07) is 60.8. The molecule has 6 heteroatoms. The number of rotatable bonds is 5. The molecule has 0 unspecified atom stereocenters. The number of furan rings is 1. The fraction of sp³-hybridized carbons (Fsp3) is 0. The Hall–Kier alpha value is -7.83. The van der Waals surface area contributed by atoms with Gasteiger partial charge >= 0.3 is 0 Å². The minimum atomic E-state index is 0.742. The van der Waals surface area contributed by atoms with E-state index in [1.54, 1.807) is 0 Å². The standard InChI is InChI=1S/C51H29N5O/c1-3-14-30(15-4-1)44-49(31-16-5-2-6-17-31)54-56-55-51(44)36-20-8-7-19-34(36)46-35(33-22-13-25-43-45(33)38-21-10-12-24-42(38)57-43)26-28-40-47(46)48-41(52-40)29-27-37-32-18-9-11-23-39(32)53-50(37)48/h1-29H. The van der Waals surface area contributed by atoms with Gasteiger partial charge in [-0.25, -0.2) is 9.98 Å². The predicted octanol–water partition coefficient (Wildman–Crippen LogP) is 11.6. The molecule has 2 aliphatic heterocycles. The van der Waals surface area contributed by atoms with E-state index in [0.29, 0.717) is 0 Å². The van der Waals surface area contributed by atoms with Crippen LogP contribution in [0.3, 0.4) is 0 Å². The van der Waals surface area contributed by atoms with E-state index >= 15 is 0 Å². The first-order valence-electron chi connectivity index (χ1n) is 19.0. The molecule has 0 radical (unpaired) electrons. The monoisotopic (exact) mass is 727 g/mol. The summed E-state index contributed by atoms with van der Waals surface area (Å²) in [6.45, 7) is 0. The lowest BCUT2D eigenvalue weighted by Crippen LogP contribution is -2.03. The van der Waals surface area contributed by atoms with Gasteiger partial charge in [-0.3, -0.25) is 0 Å². The first-order valence-corrected chi connectivity index (χ1v) is 19.0.